The van der Waals surface area contributed by atoms with E-state index >= 15 is 0 Å². The van der Waals surface area contributed by atoms with Crippen molar-refractivity contribution in [2.75, 3.05) is 5.75 Å². The molecule has 0 N–H and O–H groups in total. The summed E-state index contributed by atoms with van der Waals surface area (Å²) in [6.07, 6.45) is 1.85. The van der Waals surface area contributed by atoms with Gasteiger partial charge in [-0.1, -0.05) is 30.0 Å². The summed E-state index contributed by atoms with van der Waals surface area (Å²) < 4.78 is 4.15. The molecule has 0 spiro atoms. The molecule has 0 bridgehead atoms. The van der Waals surface area contributed by atoms with E-state index in [9.17, 15) is 4.79 Å². The molecule has 2 heterocycles. The van der Waals surface area contributed by atoms with Crippen LogP contribution in [0.2, 0.25) is 0 Å². The molecule has 0 amide bonds. The summed E-state index contributed by atoms with van der Waals surface area (Å²) in [5.74, 6) is 0.519. The van der Waals surface area contributed by atoms with Crippen molar-refractivity contribution in [3.63, 3.8) is 0 Å². The number of allylic oxidation sites excluding steroid dienone is 1. The van der Waals surface area contributed by atoms with Crippen molar-refractivity contribution < 1.29 is 4.79 Å². The van der Waals surface area contributed by atoms with E-state index in [0.29, 0.717) is 5.75 Å². The normalized spacial score (nSPS) is 11.1. The fraction of sp³-hybridized carbons (Fsp3) is 0.263. The lowest BCUT2D eigenvalue weighted by Gasteiger charge is -2.06. The van der Waals surface area contributed by atoms with Crippen LogP contribution >= 0.6 is 11.8 Å². The highest BCUT2D eigenvalue weighted by Gasteiger charge is 2.17. The van der Waals surface area contributed by atoms with Crippen LogP contribution in [-0.2, 0) is 13.6 Å². The van der Waals surface area contributed by atoms with Gasteiger partial charge in [0.2, 0.25) is 0 Å². The number of thioether (sulfide) groups is 1. The van der Waals surface area contributed by atoms with Gasteiger partial charge in [0.15, 0.2) is 10.9 Å². The average molecular weight is 339 g/mol. The van der Waals surface area contributed by atoms with Gasteiger partial charge in [0.25, 0.3) is 0 Å². The fourth-order valence-corrected chi connectivity index (χ4v) is 3.82. The number of aromatic nitrogens is 3. The summed E-state index contributed by atoms with van der Waals surface area (Å²) in [4.78, 5) is 17.2. The lowest BCUT2D eigenvalue weighted by Crippen LogP contribution is -2.06. The van der Waals surface area contributed by atoms with Gasteiger partial charge in [-0.15, -0.1) is 6.58 Å². The number of hydrogen-bond donors (Lipinski definition) is 0. The molecule has 1 aromatic carbocycles. The van der Waals surface area contributed by atoms with E-state index in [1.54, 1.807) is 0 Å². The van der Waals surface area contributed by atoms with Gasteiger partial charge in [-0.25, -0.2) is 4.98 Å². The van der Waals surface area contributed by atoms with Crippen LogP contribution in [0, 0.1) is 13.8 Å². The molecular formula is C19H21N3OS. The third-order valence-corrected chi connectivity index (χ3v) is 5.29. The predicted octanol–water partition coefficient (Wildman–Crippen LogP) is 4.15. The molecule has 3 rings (SSSR count). The van der Waals surface area contributed by atoms with Gasteiger partial charge in [-0.2, -0.15) is 0 Å². The second-order valence-electron chi connectivity index (χ2n) is 5.84. The summed E-state index contributed by atoms with van der Waals surface area (Å²) in [6, 6.07) is 9.97. The Bertz CT molecular complexity index is 920. The average Bonchev–Trinajstić information content (AvgIpc) is 3.05. The highest BCUT2D eigenvalue weighted by molar-refractivity contribution is 7.99. The van der Waals surface area contributed by atoms with Crippen molar-refractivity contribution in [2.45, 2.75) is 25.5 Å². The minimum atomic E-state index is 0.135. The Morgan fingerprint density at radius 1 is 1.33 bits per heavy atom. The van der Waals surface area contributed by atoms with Crippen molar-refractivity contribution in [3.8, 4) is 0 Å². The largest absolute Gasteiger partial charge is 0.345 e. The molecule has 0 aliphatic rings. The molecule has 4 nitrogen and oxygen atoms in total. The molecule has 0 saturated carbocycles. The standard InChI is InChI=1S/C19H21N3OS/c1-5-10-22-13(2)11-15(14(22)3)18(23)12-24-19-20-16-8-6-7-9-17(16)21(19)4/h5-9,11H,1,10,12H2,2-4H3. The summed E-state index contributed by atoms with van der Waals surface area (Å²) in [5, 5.41) is 0.865. The van der Waals surface area contributed by atoms with Crippen molar-refractivity contribution in [1.29, 1.82) is 0 Å². The van der Waals surface area contributed by atoms with Crippen LogP contribution in [0.25, 0.3) is 11.0 Å². The SMILES string of the molecule is C=CCn1c(C)cc(C(=O)CSc2nc3ccccc3n2C)c1C. The Labute approximate surface area is 146 Å². The van der Waals surface area contributed by atoms with Crippen LogP contribution in [0.4, 0.5) is 0 Å². The van der Waals surface area contributed by atoms with E-state index < -0.39 is 0 Å². The predicted molar refractivity (Wildman–Crippen MR) is 99.9 cm³/mol. The number of benzene rings is 1. The first-order chi connectivity index (χ1) is 11.5. The Balaban J connectivity index is 1.79. The van der Waals surface area contributed by atoms with Gasteiger partial charge in [0.05, 0.1) is 16.8 Å². The summed E-state index contributed by atoms with van der Waals surface area (Å²) in [6.45, 7) is 8.51. The Kier molecular flexibility index (Phi) is 4.62. The summed E-state index contributed by atoms with van der Waals surface area (Å²) >= 11 is 1.49. The lowest BCUT2D eigenvalue weighted by atomic mass is 10.2. The van der Waals surface area contributed by atoms with Crippen LogP contribution < -0.4 is 0 Å². The number of carbonyl (C=O) groups is 1. The minimum Gasteiger partial charge on any atom is -0.345 e. The van der Waals surface area contributed by atoms with Gasteiger partial charge in [0.1, 0.15) is 0 Å². The number of rotatable bonds is 6. The first kappa shape index (κ1) is 16.6. The maximum absolute atomic E-state index is 12.6. The van der Waals surface area contributed by atoms with E-state index in [0.717, 1.165) is 39.7 Å². The number of fused-ring (bicyclic) bond motifs is 1. The quantitative estimate of drug-likeness (QED) is 0.385. The molecule has 5 heteroatoms. The molecule has 124 valence electrons. The third-order valence-electron chi connectivity index (χ3n) is 4.26. The molecule has 0 unspecified atom stereocenters. The van der Waals surface area contributed by atoms with Crippen LogP contribution in [0.3, 0.4) is 0 Å². The van der Waals surface area contributed by atoms with E-state index in [2.05, 4.69) is 16.1 Å². The molecule has 0 saturated heterocycles. The van der Waals surface area contributed by atoms with Crippen molar-refractivity contribution in [2.24, 2.45) is 7.05 Å². The number of nitrogens with zero attached hydrogens (tertiary/aromatic N) is 3. The van der Waals surface area contributed by atoms with Crippen molar-refractivity contribution in [3.05, 3.63) is 59.9 Å². The number of para-hydroxylation sites is 2. The zero-order chi connectivity index (χ0) is 17.3. The monoisotopic (exact) mass is 339 g/mol. The molecule has 0 aliphatic heterocycles. The van der Waals surface area contributed by atoms with Gasteiger partial charge in [-0.05, 0) is 32.0 Å². The number of Topliss-reactive ketones (excluding diaryl/α,β-unsaturated/α-hetero) is 1. The van der Waals surface area contributed by atoms with Gasteiger partial charge in [0, 0.05) is 30.5 Å². The molecule has 3 aromatic rings. The summed E-state index contributed by atoms with van der Waals surface area (Å²) in [5.41, 5.74) is 4.92. The first-order valence-electron chi connectivity index (χ1n) is 7.88. The molecule has 24 heavy (non-hydrogen) atoms. The Morgan fingerprint density at radius 2 is 2.08 bits per heavy atom. The summed E-state index contributed by atoms with van der Waals surface area (Å²) in [7, 11) is 1.98. The van der Waals surface area contributed by atoms with E-state index in [1.165, 1.54) is 11.8 Å². The molecule has 2 aromatic heterocycles. The number of imidazole rings is 1. The van der Waals surface area contributed by atoms with Gasteiger partial charge >= 0.3 is 0 Å². The Hall–Kier alpha value is -2.27. The fourth-order valence-electron chi connectivity index (χ4n) is 2.95. The maximum atomic E-state index is 12.6. The first-order valence-corrected chi connectivity index (χ1v) is 8.86. The molecule has 0 atom stereocenters. The van der Waals surface area contributed by atoms with Gasteiger partial charge in [-0.3, -0.25) is 4.79 Å². The third kappa shape index (κ3) is 2.91. The van der Waals surface area contributed by atoms with E-state index in [4.69, 9.17) is 0 Å². The van der Waals surface area contributed by atoms with E-state index in [1.807, 2.05) is 61.9 Å². The number of ketones is 1. The number of carbonyl (C=O) groups excluding carboxylic acids is 1. The van der Waals surface area contributed by atoms with Crippen LogP contribution in [-0.4, -0.2) is 25.7 Å². The molecule has 0 radical (unpaired) electrons. The van der Waals surface area contributed by atoms with Crippen molar-refractivity contribution in [1.82, 2.24) is 14.1 Å². The molecule has 0 aliphatic carbocycles. The van der Waals surface area contributed by atoms with Crippen molar-refractivity contribution >= 4 is 28.6 Å². The highest BCUT2D eigenvalue weighted by Crippen LogP contribution is 2.24. The second kappa shape index (κ2) is 6.69. The zero-order valence-electron chi connectivity index (χ0n) is 14.2. The molecule has 0 fully saturated rings. The zero-order valence-corrected chi connectivity index (χ0v) is 15.1. The van der Waals surface area contributed by atoms with Crippen LogP contribution in [0.1, 0.15) is 21.7 Å². The highest BCUT2D eigenvalue weighted by atomic mass is 32.2. The number of hydrogen-bond acceptors (Lipinski definition) is 3. The maximum Gasteiger partial charge on any atom is 0.175 e. The topological polar surface area (TPSA) is 39.8 Å². The van der Waals surface area contributed by atoms with Crippen LogP contribution in [0.15, 0.2) is 48.1 Å². The minimum absolute atomic E-state index is 0.135. The Morgan fingerprint density at radius 3 is 2.79 bits per heavy atom. The van der Waals surface area contributed by atoms with Crippen LogP contribution in [0.5, 0.6) is 0 Å². The smallest absolute Gasteiger partial charge is 0.175 e. The van der Waals surface area contributed by atoms with Gasteiger partial charge < -0.3 is 9.13 Å². The molecular weight excluding hydrogens is 318 g/mol. The lowest BCUT2D eigenvalue weighted by molar-refractivity contribution is 0.102. The van der Waals surface area contributed by atoms with E-state index in [-0.39, 0.29) is 5.78 Å². The number of aryl methyl sites for hydroxylation is 2. The second-order valence-corrected chi connectivity index (χ2v) is 6.78.